The van der Waals surface area contributed by atoms with Gasteiger partial charge in [-0.15, -0.1) is 0 Å². The van der Waals surface area contributed by atoms with Crippen molar-refractivity contribution in [2.24, 2.45) is 0 Å². The van der Waals surface area contributed by atoms with Gasteiger partial charge in [0.15, 0.2) is 0 Å². The summed E-state index contributed by atoms with van der Waals surface area (Å²) in [5.74, 6) is 0. The first-order valence-corrected chi connectivity index (χ1v) is 5.92. The zero-order chi connectivity index (χ0) is 13.0. The van der Waals surface area contributed by atoms with Gasteiger partial charge in [0.2, 0.25) is 0 Å². The minimum absolute atomic E-state index is 0.0541. The molecule has 0 saturated carbocycles. The predicted molar refractivity (Wildman–Crippen MR) is 68.8 cm³/mol. The second-order valence-electron chi connectivity index (χ2n) is 3.37. The van der Waals surface area contributed by atoms with E-state index in [0.29, 0.717) is 5.69 Å². The van der Waals surface area contributed by atoms with Crippen LogP contribution in [0.3, 0.4) is 0 Å². The van der Waals surface area contributed by atoms with Gasteiger partial charge in [-0.05, 0) is 12.1 Å². The molecule has 0 aliphatic carbocycles. The summed E-state index contributed by atoms with van der Waals surface area (Å²) in [5, 5.41) is 14.5. The second-order valence-corrected chi connectivity index (χ2v) is 4.47. The highest BCUT2D eigenvalue weighted by Gasteiger charge is 2.10. The van der Waals surface area contributed by atoms with Crippen LogP contribution < -0.4 is 5.32 Å². The summed E-state index contributed by atoms with van der Waals surface area (Å²) in [4.78, 5) is 19.0. The van der Waals surface area contributed by atoms with Gasteiger partial charge in [0.05, 0.1) is 4.92 Å². The number of rotatable bonds is 4. The number of benzene rings is 1. The summed E-state index contributed by atoms with van der Waals surface area (Å²) in [6, 6.07) is 6.60. The van der Waals surface area contributed by atoms with Crippen molar-refractivity contribution in [1.29, 1.82) is 0 Å². The van der Waals surface area contributed by atoms with Crippen molar-refractivity contribution < 1.29 is 4.92 Å². The van der Waals surface area contributed by atoms with E-state index >= 15 is 0 Å². The van der Waals surface area contributed by atoms with Crippen LogP contribution in [0.25, 0.3) is 0 Å². The molecule has 18 heavy (non-hydrogen) atoms. The van der Waals surface area contributed by atoms with E-state index in [1.165, 1.54) is 30.2 Å². The first-order chi connectivity index (χ1) is 8.69. The lowest BCUT2D eigenvalue weighted by Crippen LogP contribution is -1.93. The van der Waals surface area contributed by atoms with Crippen LogP contribution in [0, 0.1) is 10.1 Å². The second kappa shape index (κ2) is 5.46. The summed E-state index contributed by atoms with van der Waals surface area (Å²) in [5.41, 5.74) is 0.749. The standard InChI is InChI=1S/C11H10N4O2S/c1-12-8-4-9(15(16)17)6-10(5-8)18-11-2-3-13-7-14-11/h2-7,12H,1H3. The van der Waals surface area contributed by atoms with Crippen LogP contribution >= 0.6 is 11.8 Å². The Morgan fingerprint density at radius 2 is 2.22 bits per heavy atom. The van der Waals surface area contributed by atoms with E-state index in [4.69, 9.17) is 0 Å². The smallest absolute Gasteiger partial charge is 0.272 e. The SMILES string of the molecule is CNc1cc(Sc2ccncn2)cc([N+](=O)[O-])c1. The summed E-state index contributed by atoms with van der Waals surface area (Å²) in [6.07, 6.45) is 3.07. The topological polar surface area (TPSA) is 81.0 Å². The molecular formula is C11H10N4O2S. The molecule has 1 aromatic carbocycles. The van der Waals surface area contributed by atoms with Gasteiger partial charge in [-0.1, -0.05) is 11.8 Å². The summed E-state index contributed by atoms with van der Waals surface area (Å²) in [6.45, 7) is 0. The fourth-order valence-electron chi connectivity index (χ4n) is 1.35. The van der Waals surface area contributed by atoms with Crippen molar-refractivity contribution in [2.75, 3.05) is 12.4 Å². The van der Waals surface area contributed by atoms with Crippen molar-refractivity contribution >= 4 is 23.1 Å². The summed E-state index contributed by atoms with van der Waals surface area (Å²) < 4.78 is 0. The molecule has 2 rings (SSSR count). The monoisotopic (exact) mass is 262 g/mol. The summed E-state index contributed by atoms with van der Waals surface area (Å²) in [7, 11) is 1.72. The minimum Gasteiger partial charge on any atom is -0.388 e. The van der Waals surface area contributed by atoms with E-state index in [9.17, 15) is 10.1 Å². The molecule has 1 aromatic heterocycles. The van der Waals surface area contributed by atoms with Crippen LogP contribution in [-0.2, 0) is 0 Å². The molecule has 0 radical (unpaired) electrons. The van der Waals surface area contributed by atoms with Gasteiger partial charge >= 0.3 is 0 Å². The maximum Gasteiger partial charge on any atom is 0.272 e. The lowest BCUT2D eigenvalue weighted by Gasteiger charge is -2.04. The van der Waals surface area contributed by atoms with Crippen molar-refractivity contribution in [3.8, 4) is 0 Å². The molecule has 7 heteroatoms. The van der Waals surface area contributed by atoms with Crippen LogP contribution in [0.15, 0.2) is 46.7 Å². The molecule has 2 aromatic rings. The number of hydrogen-bond donors (Lipinski definition) is 1. The van der Waals surface area contributed by atoms with E-state index in [-0.39, 0.29) is 5.69 Å². The number of nitrogens with one attached hydrogen (secondary N) is 1. The molecule has 92 valence electrons. The van der Waals surface area contributed by atoms with Gasteiger partial charge in [0.25, 0.3) is 5.69 Å². The number of non-ortho nitro benzene ring substituents is 1. The first kappa shape index (κ1) is 12.3. The Hall–Kier alpha value is -2.15. The number of hydrogen-bond acceptors (Lipinski definition) is 6. The fourth-order valence-corrected chi connectivity index (χ4v) is 2.19. The highest BCUT2D eigenvalue weighted by Crippen LogP contribution is 2.31. The lowest BCUT2D eigenvalue weighted by molar-refractivity contribution is -0.385. The van der Waals surface area contributed by atoms with Crippen molar-refractivity contribution in [3.63, 3.8) is 0 Å². The van der Waals surface area contributed by atoms with Crippen LogP contribution in [0.4, 0.5) is 11.4 Å². The van der Waals surface area contributed by atoms with Gasteiger partial charge in [-0.2, -0.15) is 0 Å². The fraction of sp³-hybridized carbons (Fsp3) is 0.0909. The van der Waals surface area contributed by atoms with Crippen LogP contribution in [0.5, 0.6) is 0 Å². The van der Waals surface area contributed by atoms with E-state index in [1.807, 2.05) is 6.07 Å². The highest BCUT2D eigenvalue weighted by atomic mass is 32.2. The highest BCUT2D eigenvalue weighted by molar-refractivity contribution is 7.99. The zero-order valence-electron chi connectivity index (χ0n) is 9.53. The summed E-state index contributed by atoms with van der Waals surface area (Å²) >= 11 is 1.35. The molecule has 0 unspecified atom stereocenters. The number of nitro groups is 1. The predicted octanol–water partition coefficient (Wildman–Crippen LogP) is 2.58. The number of nitro benzene ring substituents is 1. The van der Waals surface area contributed by atoms with Crippen LogP contribution in [-0.4, -0.2) is 21.9 Å². The Morgan fingerprint density at radius 3 is 2.83 bits per heavy atom. The number of anilines is 1. The Kier molecular flexibility index (Phi) is 3.73. The minimum atomic E-state index is -0.412. The number of aromatic nitrogens is 2. The third-order valence-corrected chi connectivity index (χ3v) is 3.09. The Labute approximate surface area is 108 Å². The van der Waals surface area contributed by atoms with E-state index in [0.717, 1.165) is 9.92 Å². The maximum atomic E-state index is 10.8. The average Bonchev–Trinajstić information content (AvgIpc) is 2.39. The Morgan fingerprint density at radius 1 is 1.39 bits per heavy atom. The van der Waals surface area contributed by atoms with Crippen molar-refractivity contribution in [2.45, 2.75) is 9.92 Å². The molecule has 0 aliphatic heterocycles. The Bertz CT molecular complexity index is 562. The largest absolute Gasteiger partial charge is 0.388 e. The molecule has 0 saturated heterocycles. The zero-order valence-corrected chi connectivity index (χ0v) is 10.3. The first-order valence-electron chi connectivity index (χ1n) is 5.10. The van der Waals surface area contributed by atoms with E-state index in [2.05, 4.69) is 15.3 Å². The number of nitrogens with zero attached hydrogens (tertiary/aromatic N) is 3. The molecular weight excluding hydrogens is 252 g/mol. The van der Waals surface area contributed by atoms with Crippen molar-refractivity contribution in [3.05, 3.63) is 46.9 Å². The van der Waals surface area contributed by atoms with Gasteiger partial charge < -0.3 is 5.32 Å². The van der Waals surface area contributed by atoms with Gasteiger partial charge in [0, 0.05) is 36.0 Å². The molecule has 1 N–H and O–H groups in total. The molecule has 6 nitrogen and oxygen atoms in total. The van der Waals surface area contributed by atoms with E-state index in [1.54, 1.807) is 19.3 Å². The van der Waals surface area contributed by atoms with Crippen LogP contribution in [0.1, 0.15) is 0 Å². The molecule has 0 aliphatic rings. The third kappa shape index (κ3) is 2.95. The molecule has 0 fully saturated rings. The Balaban J connectivity index is 2.32. The lowest BCUT2D eigenvalue weighted by atomic mass is 10.3. The van der Waals surface area contributed by atoms with Gasteiger partial charge in [0.1, 0.15) is 11.4 Å². The molecule has 0 atom stereocenters. The maximum absolute atomic E-state index is 10.8. The van der Waals surface area contributed by atoms with Gasteiger partial charge in [-0.3, -0.25) is 10.1 Å². The van der Waals surface area contributed by atoms with Crippen molar-refractivity contribution in [1.82, 2.24) is 9.97 Å². The van der Waals surface area contributed by atoms with Gasteiger partial charge in [-0.25, -0.2) is 9.97 Å². The molecule has 1 heterocycles. The average molecular weight is 262 g/mol. The third-order valence-electron chi connectivity index (χ3n) is 2.17. The molecule has 0 bridgehead atoms. The quantitative estimate of drug-likeness (QED) is 0.518. The van der Waals surface area contributed by atoms with Crippen LogP contribution in [0.2, 0.25) is 0 Å². The normalized spacial score (nSPS) is 10.1. The molecule has 0 amide bonds. The van der Waals surface area contributed by atoms with E-state index < -0.39 is 4.92 Å². The molecule has 0 spiro atoms.